The van der Waals surface area contributed by atoms with Gasteiger partial charge in [0, 0.05) is 22.6 Å². The Balaban J connectivity index is 1.48. The molecule has 8 heteroatoms. The van der Waals surface area contributed by atoms with Crippen LogP contribution in [0.1, 0.15) is 33.4 Å². The Labute approximate surface area is 181 Å². The van der Waals surface area contributed by atoms with Crippen LogP contribution in [0.4, 0.5) is 4.39 Å². The van der Waals surface area contributed by atoms with Gasteiger partial charge in [-0.25, -0.2) is 9.18 Å². The summed E-state index contributed by atoms with van der Waals surface area (Å²) in [5.74, 6) is -0.744. The summed E-state index contributed by atoms with van der Waals surface area (Å²) < 4.78 is 35.7. The number of nitrogens with two attached hydrogens (primary N) is 1. The van der Waals surface area contributed by atoms with Crippen molar-refractivity contribution < 1.29 is 27.5 Å². The highest BCUT2D eigenvalue weighted by Gasteiger charge is 2.33. The van der Waals surface area contributed by atoms with Gasteiger partial charge in [-0.2, -0.15) is 5.26 Å². The molecule has 32 heavy (non-hydrogen) atoms. The molecule has 3 heterocycles. The fourth-order valence-corrected chi connectivity index (χ4v) is 3.79. The number of benzene rings is 2. The summed E-state index contributed by atoms with van der Waals surface area (Å²) in [6.07, 6.45) is 1.51. The van der Waals surface area contributed by atoms with Crippen molar-refractivity contribution in [3.63, 3.8) is 0 Å². The molecule has 2 aromatic heterocycles. The van der Waals surface area contributed by atoms with E-state index < -0.39 is 17.7 Å². The van der Waals surface area contributed by atoms with Gasteiger partial charge in [-0.15, -0.1) is 0 Å². The van der Waals surface area contributed by atoms with Crippen LogP contribution < -0.4 is 15.2 Å². The van der Waals surface area contributed by atoms with Gasteiger partial charge in [-0.3, -0.25) is 0 Å². The average Bonchev–Trinajstić information content (AvgIpc) is 3.41. The smallest absolute Gasteiger partial charge is 0.379 e. The SMILES string of the molecule is Cc1c(C(=O)Oc2ccc3c(c2)OC(N)=C(C#N)C3c2ccco2)oc2ccc(F)cc12. The number of nitrogens with zero attached hydrogens (tertiary/aromatic N) is 1. The van der Waals surface area contributed by atoms with E-state index in [2.05, 4.69) is 6.07 Å². The van der Waals surface area contributed by atoms with Crippen LogP contribution in [0.2, 0.25) is 0 Å². The summed E-state index contributed by atoms with van der Waals surface area (Å²) in [6, 6.07) is 14.3. The van der Waals surface area contributed by atoms with Crippen LogP contribution >= 0.6 is 0 Å². The van der Waals surface area contributed by atoms with E-state index in [1.807, 2.05) is 0 Å². The normalized spacial score (nSPS) is 15.2. The molecule has 1 atom stereocenters. The zero-order valence-electron chi connectivity index (χ0n) is 16.7. The fraction of sp³-hybridized carbons (Fsp3) is 0.0833. The minimum absolute atomic E-state index is 0.0242. The van der Waals surface area contributed by atoms with Gasteiger partial charge >= 0.3 is 5.97 Å². The molecule has 1 unspecified atom stereocenters. The first-order chi connectivity index (χ1) is 15.5. The molecule has 0 aliphatic carbocycles. The summed E-state index contributed by atoms with van der Waals surface area (Å²) in [6.45, 7) is 1.65. The average molecular weight is 430 g/mol. The summed E-state index contributed by atoms with van der Waals surface area (Å²) in [5, 5.41) is 10.0. The molecule has 0 amide bonds. The lowest BCUT2D eigenvalue weighted by atomic mass is 9.87. The van der Waals surface area contributed by atoms with E-state index in [0.29, 0.717) is 33.6 Å². The van der Waals surface area contributed by atoms with Gasteiger partial charge in [0.1, 0.15) is 40.3 Å². The number of esters is 1. The first-order valence-electron chi connectivity index (χ1n) is 9.62. The van der Waals surface area contributed by atoms with Crippen molar-refractivity contribution in [1.29, 1.82) is 5.26 Å². The number of hydrogen-bond acceptors (Lipinski definition) is 7. The van der Waals surface area contributed by atoms with Crippen LogP contribution in [0.15, 0.2) is 75.1 Å². The van der Waals surface area contributed by atoms with Crippen LogP contribution in [-0.4, -0.2) is 5.97 Å². The van der Waals surface area contributed by atoms with E-state index in [4.69, 9.17) is 24.0 Å². The maximum atomic E-state index is 13.5. The highest BCUT2D eigenvalue weighted by atomic mass is 19.1. The van der Waals surface area contributed by atoms with Gasteiger partial charge < -0.3 is 24.0 Å². The van der Waals surface area contributed by atoms with Crippen LogP contribution in [0.5, 0.6) is 11.5 Å². The van der Waals surface area contributed by atoms with Crippen molar-refractivity contribution in [3.05, 3.63) is 94.7 Å². The van der Waals surface area contributed by atoms with Crippen LogP contribution in [-0.2, 0) is 0 Å². The Bertz CT molecular complexity index is 1440. The third-order valence-corrected chi connectivity index (χ3v) is 5.31. The number of rotatable bonds is 3. The van der Waals surface area contributed by atoms with Gasteiger partial charge in [0.2, 0.25) is 11.6 Å². The molecule has 4 aromatic rings. The highest BCUT2D eigenvalue weighted by Crippen LogP contribution is 2.43. The number of aryl methyl sites for hydroxylation is 1. The Morgan fingerprint density at radius 3 is 2.81 bits per heavy atom. The van der Waals surface area contributed by atoms with E-state index in [1.54, 1.807) is 31.2 Å². The predicted molar refractivity (Wildman–Crippen MR) is 110 cm³/mol. The predicted octanol–water partition coefficient (Wildman–Crippen LogP) is 4.91. The molecule has 2 N–H and O–H groups in total. The molecule has 1 aliphatic heterocycles. The van der Waals surface area contributed by atoms with E-state index in [1.165, 1.54) is 30.5 Å². The molecule has 0 radical (unpaired) electrons. The topological polar surface area (TPSA) is 112 Å². The third-order valence-electron chi connectivity index (χ3n) is 5.31. The first-order valence-corrected chi connectivity index (χ1v) is 9.62. The number of halogens is 1. The zero-order valence-corrected chi connectivity index (χ0v) is 16.7. The summed E-state index contributed by atoms with van der Waals surface area (Å²) in [7, 11) is 0. The highest BCUT2D eigenvalue weighted by molar-refractivity contribution is 5.96. The van der Waals surface area contributed by atoms with Crippen LogP contribution in [0, 0.1) is 24.1 Å². The molecular weight excluding hydrogens is 415 g/mol. The molecule has 5 rings (SSSR count). The second kappa shape index (κ2) is 7.32. The number of carbonyl (C=O) groups is 1. The van der Waals surface area contributed by atoms with Gasteiger partial charge in [0.25, 0.3) is 0 Å². The second-order valence-corrected chi connectivity index (χ2v) is 7.23. The fourth-order valence-electron chi connectivity index (χ4n) is 3.79. The van der Waals surface area contributed by atoms with Crippen molar-refractivity contribution >= 4 is 16.9 Å². The lowest BCUT2D eigenvalue weighted by Gasteiger charge is -2.25. The number of furan rings is 2. The lowest BCUT2D eigenvalue weighted by molar-refractivity contribution is 0.0702. The molecule has 158 valence electrons. The summed E-state index contributed by atoms with van der Waals surface area (Å²) in [5.41, 5.74) is 7.68. The Hall–Kier alpha value is -4.51. The molecule has 0 saturated heterocycles. The number of allylic oxidation sites excluding steroid dienone is 1. The standard InChI is InChI=1S/C24H15FN2O5/c1-12-16-9-13(25)4-7-18(16)31-22(12)24(28)30-14-5-6-15-20(10-14)32-23(27)17(11-26)21(15)19-3-2-8-29-19/h2-10,21H,27H2,1H3. The number of nitriles is 1. The van der Waals surface area contributed by atoms with Crippen molar-refractivity contribution in [1.82, 2.24) is 0 Å². The maximum absolute atomic E-state index is 13.5. The largest absolute Gasteiger partial charge is 0.468 e. The van der Waals surface area contributed by atoms with E-state index in [0.717, 1.165) is 0 Å². The molecule has 0 bridgehead atoms. The van der Waals surface area contributed by atoms with Crippen LogP contribution in [0.3, 0.4) is 0 Å². The van der Waals surface area contributed by atoms with Crippen LogP contribution in [0.25, 0.3) is 11.0 Å². The van der Waals surface area contributed by atoms with Crippen molar-refractivity contribution in [2.45, 2.75) is 12.8 Å². The quantitative estimate of drug-likeness (QED) is 0.363. The number of ether oxygens (including phenoxy) is 2. The summed E-state index contributed by atoms with van der Waals surface area (Å²) in [4.78, 5) is 12.7. The molecular formula is C24H15FN2O5. The maximum Gasteiger partial charge on any atom is 0.379 e. The monoisotopic (exact) mass is 430 g/mol. The van der Waals surface area contributed by atoms with Gasteiger partial charge in [-0.05, 0) is 43.3 Å². The Morgan fingerprint density at radius 2 is 2.06 bits per heavy atom. The third kappa shape index (κ3) is 3.08. The van der Waals surface area contributed by atoms with E-state index >= 15 is 0 Å². The Morgan fingerprint density at radius 1 is 1.22 bits per heavy atom. The number of hydrogen-bond donors (Lipinski definition) is 1. The Kier molecular flexibility index (Phi) is 4.45. The molecule has 0 fully saturated rings. The number of carbonyl (C=O) groups excluding carboxylic acids is 1. The minimum Gasteiger partial charge on any atom is -0.468 e. The van der Waals surface area contributed by atoms with Crippen molar-refractivity contribution in [2.24, 2.45) is 5.73 Å². The molecule has 7 nitrogen and oxygen atoms in total. The zero-order chi connectivity index (χ0) is 22.4. The van der Waals surface area contributed by atoms with Crippen molar-refractivity contribution in [2.75, 3.05) is 0 Å². The van der Waals surface area contributed by atoms with Gasteiger partial charge in [0.05, 0.1) is 12.2 Å². The molecule has 1 aliphatic rings. The van der Waals surface area contributed by atoms with Crippen molar-refractivity contribution in [3.8, 4) is 17.6 Å². The van der Waals surface area contributed by atoms with Gasteiger partial charge in [-0.1, -0.05) is 6.07 Å². The summed E-state index contributed by atoms with van der Waals surface area (Å²) >= 11 is 0. The first kappa shape index (κ1) is 19.5. The minimum atomic E-state index is -0.737. The second-order valence-electron chi connectivity index (χ2n) is 7.23. The van der Waals surface area contributed by atoms with E-state index in [-0.39, 0.29) is 23.0 Å². The lowest BCUT2D eigenvalue weighted by Crippen LogP contribution is -2.21. The molecule has 0 saturated carbocycles. The van der Waals surface area contributed by atoms with E-state index in [9.17, 15) is 14.4 Å². The van der Waals surface area contributed by atoms with Gasteiger partial charge in [0.15, 0.2) is 0 Å². The molecule has 0 spiro atoms. The number of fused-ring (bicyclic) bond motifs is 2. The molecule has 2 aromatic carbocycles.